The van der Waals surface area contributed by atoms with Crippen molar-refractivity contribution in [3.05, 3.63) is 0 Å². The Hall–Kier alpha value is -0.570. The Kier molecular flexibility index (Phi) is 3.52. The summed E-state index contributed by atoms with van der Waals surface area (Å²) in [4.78, 5) is 11.2. The van der Waals surface area contributed by atoms with Gasteiger partial charge in [-0.3, -0.25) is 4.79 Å². The second-order valence-electron chi connectivity index (χ2n) is 3.75. The molecule has 0 fully saturated rings. The molecule has 66 valence electrons. The highest BCUT2D eigenvalue weighted by molar-refractivity contribution is 5.81. The first-order valence-corrected chi connectivity index (χ1v) is 3.86. The monoisotopic (exact) mass is 158 g/mol. The Morgan fingerprint density at radius 2 is 1.82 bits per heavy atom. The molecule has 0 bridgehead atoms. The zero-order chi connectivity index (χ0) is 9.07. The van der Waals surface area contributed by atoms with Crippen molar-refractivity contribution in [3.63, 3.8) is 0 Å². The highest BCUT2D eigenvalue weighted by atomic mass is 16.2. The summed E-state index contributed by atoms with van der Waals surface area (Å²) in [6.45, 7) is 7.73. The van der Waals surface area contributed by atoms with E-state index in [1.54, 1.807) is 7.05 Å². The smallest absolute Gasteiger partial charge is 0.237 e. The predicted molar refractivity (Wildman–Crippen MR) is 46.4 cm³/mol. The Bertz CT molecular complexity index is 138. The van der Waals surface area contributed by atoms with E-state index in [1.807, 2.05) is 27.7 Å². The number of likely N-dealkylation sites (N-methyl/N-ethyl adjacent to an activating group) is 1. The van der Waals surface area contributed by atoms with Gasteiger partial charge in [-0.1, -0.05) is 0 Å². The summed E-state index contributed by atoms with van der Waals surface area (Å²) in [6, 6.07) is -0.116. The molecule has 0 aromatic rings. The van der Waals surface area contributed by atoms with Crippen molar-refractivity contribution in [2.24, 2.45) is 0 Å². The third-order valence-electron chi connectivity index (χ3n) is 1.32. The minimum absolute atomic E-state index is 0.0417. The molecule has 0 spiro atoms. The van der Waals surface area contributed by atoms with Crippen molar-refractivity contribution < 1.29 is 4.79 Å². The van der Waals surface area contributed by atoms with E-state index < -0.39 is 0 Å². The van der Waals surface area contributed by atoms with Gasteiger partial charge in [0.05, 0.1) is 6.04 Å². The normalized spacial score (nSPS) is 14.3. The largest absolute Gasteiger partial charge is 0.350 e. The maximum atomic E-state index is 11.2. The lowest BCUT2D eigenvalue weighted by Gasteiger charge is -2.22. The first-order valence-electron chi connectivity index (χ1n) is 3.86. The quantitative estimate of drug-likeness (QED) is 0.614. The Morgan fingerprint density at radius 3 is 2.09 bits per heavy atom. The number of amides is 1. The van der Waals surface area contributed by atoms with Crippen LogP contribution >= 0.6 is 0 Å². The summed E-state index contributed by atoms with van der Waals surface area (Å²) >= 11 is 0. The zero-order valence-corrected chi connectivity index (χ0v) is 7.99. The minimum Gasteiger partial charge on any atom is -0.350 e. The first kappa shape index (κ1) is 10.4. The average molecular weight is 158 g/mol. The zero-order valence-electron chi connectivity index (χ0n) is 7.99. The topological polar surface area (TPSA) is 41.1 Å². The van der Waals surface area contributed by atoms with Gasteiger partial charge in [-0.25, -0.2) is 0 Å². The molecule has 0 heterocycles. The van der Waals surface area contributed by atoms with Crippen molar-refractivity contribution in [2.45, 2.75) is 39.3 Å². The van der Waals surface area contributed by atoms with Crippen molar-refractivity contribution in [3.8, 4) is 0 Å². The number of nitrogens with one attached hydrogen (secondary N) is 2. The number of carbonyl (C=O) groups excluding carboxylic acids is 1. The third-order valence-corrected chi connectivity index (χ3v) is 1.32. The van der Waals surface area contributed by atoms with Crippen LogP contribution < -0.4 is 10.6 Å². The summed E-state index contributed by atoms with van der Waals surface area (Å²) in [5.41, 5.74) is -0.137. The Morgan fingerprint density at radius 1 is 1.36 bits per heavy atom. The molecular weight excluding hydrogens is 140 g/mol. The fraction of sp³-hybridized carbons (Fsp3) is 0.875. The molecule has 0 aromatic heterocycles. The van der Waals surface area contributed by atoms with Gasteiger partial charge in [0.1, 0.15) is 0 Å². The second kappa shape index (κ2) is 3.72. The van der Waals surface area contributed by atoms with E-state index in [2.05, 4.69) is 10.6 Å². The molecule has 1 amide bonds. The molecule has 3 nitrogen and oxygen atoms in total. The van der Waals surface area contributed by atoms with Crippen LogP contribution in [0.3, 0.4) is 0 Å². The van der Waals surface area contributed by atoms with Gasteiger partial charge in [0.2, 0.25) is 5.91 Å². The number of hydrogen-bond donors (Lipinski definition) is 2. The standard InChI is InChI=1S/C8H18N2O/c1-6(9-5)7(11)10-8(2,3)4/h6,9H,1-5H3,(H,10,11). The summed E-state index contributed by atoms with van der Waals surface area (Å²) < 4.78 is 0. The fourth-order valence-electron chi connectivity index (χ4n) is 0.609. The van der Waals surface area contributed by atoms with Gasteiger partial charge in [-0.2, -0.15) is 0 Å². The van der Waals surface area contributed by atoms with Crippen LogP contribution in [0, 0.1) is 0 Å². The van der Waals surface area contributed by atoms with Crippen molar-refractivity contribution in [2.75, 3.05) is 7.05 Å². The van der Waals surface area contributed by atoms with Crippen LogP contribution in [0.15, 0.2) is 0 Å². The second-order valence-corrected chi connectivity index (χ2v) is 3.75. The van der Waals surface area contributed by atoms with Gasteiger partial charge in [0, 0.05) is 5.54 Å². The Balaban J connectivity index is 3.88. The van der Waals surface area contributed by atoms with Crippen molar-refractivity contribution in [1.82, 2.24) is 10.6 Å². The van der Waals surface area contributed by atoms with Crippen LogP contribution in [-0.2, 0) is 4.79 Å². The third kappa shape index (κ3) is 4.79. The van der Waals surface area contributed by atoms with Gasteiger partial charge in [0.25, 0.3) is 0 Å². The summed E-state index contributed by atoms with van der Waals surface area (Å²) in [6.07, 6.45) is 0. The molecule has 1 atom stereocenters. The van der Waals surface area contributed by atoms with Crippen LogP contribution in [0.2, 0.25) is 0 Å². The first-order chi connectivity index (χ1) is 4.87. The number of rotatable bonds is 2. The molecular formula is C8H18N2O. The van der Waals surface area contributed by atoms with Crippen molar-refractivity contribution in [1.29, 1.82) is 0 Å². The molecule has 0 aliphatic rings. The highest BCUT2D eigenvalue weighted by Crippen LogP contribution is 1.98. The fourth-order valence-corrected chi connectivity index (χ4v) is 0.609. The van der Waals surface area contributed by atoms with Gasteiger partial charge in [0.15, 0.2) is 0 Å². The molecule has 0 aliphatic carbocycles. The van der Waals surface area contributed by atoms with Crippen LogP contribution in [0.4, 0.5) is 0 Å². The van der Waals surface area contributed by atoms with E-state index in [-0.39, 0.29) is 17.5 Å². The Labute approximate surface area is 68.6 Å². The number of carbonyl (C=O) groups is 1. The minimum atomic E-state index is -0.137. The molecule has 0 radical (unpaired) electrons. The maximum absolute atomic E-state index is 11.2. The molecule has 0 rings (SSSR count). The van der Waals surface area contributed by atoms with E-state index in [4.69, 9.17) is 0 Å². The van der Waals surface area contributed by atoms with Gasteiger partial charge >= 0.3 is 0 Å². The van der Waals surface area contributed by atoms with Crippen LogP contribution in [0.5, 0.6) is 0 Å². The molecule has 0 saturated heterocycles. The van der Waals surface area contributed by atoms with E-state index in [0.29, 0.717) is 0 Å². The lowest BCUT2D eigenvalue weighted by Crippen LogP contribution is -2.48. The average Bonchev–Trinajstić information content (AvgIpc) is 1.82. The predicted octanol–water partition coefficient (Wildman–Crippen LogP) is 0.509. The number of hydrogen-bond acceptors (Lipinski definition) is 2. The molecule has 1 unspecified atom stereocenters. The van der Waals surface area contributed by atoms with E-state index in [0.717, 1.165) is 0 Å². The molecule has 2 N–H and O–H groups in total. The van der Waals surface area contributed by atoms with Crippen LogP contribution in [0.25, 0.3) is 0 Å². The summed E-state index contributed by atoms with van der Waals surface area (Å²) in [7, 11) is 1.77. The molecule has 3 heteroatoms. The van der Waals surface area contributed by atoms with Crippen molar-refractivity contribution >= 4 is 5.91 Å². The van der Waals surface area contributed by atoms with Gasteiger partial charge < -0.3 is 10.6 Å². The van der Waals surface area contributed by atoms with Gasteiger partial charge in [-0.15, -0.1) is 0 Å². The van der Waals surface area contributed by atoms with E-state index in [1.165, 1.54) is 0 Å². The molecule has 0 saturated carbocycles. The lowest BCUT2D eigenvalue weighted by atomic mass is 10.1. The van der Waals surface area contributed by atoms with E-state index in [9.17, 15) is 4.79 Å². The molecule has 0 aliphatic heterocycles. The highest BCUT2D eigenvalue weighted by Gasteiger charge is 2.17. The van der Waals surface area contributed by atoms with Crippen LogP contribution in [-0.4, -0.2) is 24.5 Å². The lowest BCUT2D eigenvalue weighted by molar-refractivity contribution is -0.124. The van der Waals surface area contributed by atoms with Crippen LogP contribution in [0.1, 0.15) is 27.7 Å². The molecule has 11 heavy (non-hydrogen) atoms. The summed E-state index contributed by atoms with van der Waals surface area (Å²) in [5, 5.41) is 5.74. The van der Waals surface area contributed by atoms with E-state index >= 15 is 0 Å². The van der Waals surface area contributed by atoms with Gasteiger partial charge in [-0.05, 0) is 34.7 Å². The maximum Gasteiger partial charge on any atom is 0.237 e. The summed E-state index contributed by atoms with van der Waals surface area (Å²) in [5.74, 6) is 0.0417. The molecule has 0 aromatic carbocycles. The SMILES string of the molecule is CNC(C)C(=O)NC(C)(C)C.